The molecule has 0 spiro atoms. The van der Waals surface area contributed by atoms with Gasteiger partial charge in [-0.2, -0.15) is 0 Å². The van der Waals surface area contributed by atoms with Crippen molar-refractivity contribution in [3.05, 3.63) is 59.7 Å². The van der Waals surface area contributed by atoms with Crippen LogP contribution in [0.3, 0.4) is 0 Å². The fourth-order valence-electron chi connectivity index (χ4n) is 1.38. The Morgan fingerprint density at radius 2 is 0.958 bits per heavy atom. The first-order valence-electron chi connectivity index (χ1n) is 7.37. The SMILES string of the molecule is Cc1ccc([NH3+])cc1.Cc1ccc([NH3+])cc1.O=C([O-])CCC(=O)[O-]. The van der Waals surface area contributed by atoms with Gasteiger partial charge in [-0.3, -0.25) is 0 Å². The molecule has 0 radical (unpaired) electrons. The minimum Gasteiger partial charge on any atom is -0.550 e. The first-order chi connectivity index (χ1) is 11.2. The van der Waals surface area contributed by atoms with Gasteiger partial charge in [0.2, 0.25) is 0 Å². The quantitative estimate of drug-likeness (QED) is 0.745. The lowest BCUT2D eigenvalue weighted by Crippen LogP contribution is -2.39. The van der Waals surface area contributed by atoms with Gasteiger partial charge in [0.25, 0.3) is 0 Å². The van der Waals surface area contributed by atoms with Crippen molar-refractivity contribution in [3.63, 3.8) is 0 Å². The summed E-state index contributed by atoms with van der Waals surface area (Å²) in [5.74, 6) is -2.73. The molecule has 2 rings (SSSR count). The van der Waals surface area contributed by atoms with Gasteiger partial charge in [0.1, 0.15) is 11.4 Å². The smallest absolute Gasteiger partial charge is 0.127 e. The molecule has 0 aliphatic carbocycles. The molecule has 0 aromatic heterocycles. The van der Waals surface area contributed by atoms with Crippen LogP contribution in [0.2, 0.25) is 0 Å². The van der Waals surface area contributed by atoms with Crippen LogP contribution in [0.5, 0.6) is 0 Å². The summed E-state index contributed by atoms with van der Waals surface area (Å²) >= 11 is 0. The minimum atomic E-state index is -1.37. The Bertz CT molecular complexity index is 523. The van der Waals surface area contributed by atoms with Gasteiger partial charge in [-0.1, -0.05) is 35.4 Å². The molecule has 130 valence electrons. The van der Waals surface area contributed by atoms with Crippen LogP contribution in [0.1, 0.15) is 24.0 Å². The molecule has 0 aliphatic rings. The predicted octanol–water partition coefficient (Wildman–Crippen LogP) is -0.997. The third kappa shape index (κ3) is 13.0. The number of quaternary nitrogens is 2. The lowest BCUT2D eigenvalue weighted by atomic mass is 10.2. The summed E-state index contributed by atoms with van der Waals surface area (Å²) in [6.07, 6.45) is -0.940. The van der Waals surface area contributed by atoms with E-state index in [0.717, 1.165) is 11.4 Å². The van der Waals surface area contributed by atoms with Gasteiger partial charge < -0.3 is 31.3 Å². The molecule has 6 heteroatoms. The van der Waals surface area contributed by atoms with E-state index in [0.29, 0.717) is 0 Å². The second-order valence-electron chi connectivity index (χ2n) is 5.22. The summed E-state index contributed by atoms with van der Waals surface area (Å²) in [6.45, 7) is 4.14. The molecule has 0 fully saturated rings. The van der Waals surface area contributed by atoms with E-state index in [2.05, 4.69) is 49.6 Å². The zero-order valence-electron chi connectivity index (χ0n) is 14.1. The van der Waals surface area contributed by atoms with Gasteiger partial charge in [0, 0.05) is 11.9 Å². The number of carbonyl (C=O) groups is 2. The van der Waals surface area contributed by atoms with Crippen LogP contribution in [0.4, 0.5) is 11.4 Å². The number of carbonyl (C=O) groups excluding carboxylic acids is 2. The number of carboxylic acids is 2. The molecule has 2 aromatic rings. The third-order valence-corrected chi connectivity index (χ3v) is 2.77. The van der Waals surface area contributed by atoms with E-state index in [9.17, 15) is 19.8 Å². The summed E-state index contributed by atoms with van der Waals surface area (Å²) in [6, 6.07) is 16.3. The number of rotatable bonds is 3. The van der Waals surface area contributed by atoms with Gasteiger partial charge in [0.15, 0.2) is 0 Å². The molecule has 24 heavy (non-hydrogen) atoms. The third-order valence-electron chi connectivity index (χ3n) is 2.77. The Morgan fingerprint density at radius 3 is 1.12 bits per heavy atom. The summed E-state index contributed by atoms with van der Waals surface area (Å²) in [5.41, 5.74) is 12.3. The van der Waals surface area contributed by atoms with E-state index in [1.165, 1.54) is 11.1 Å². The molecule has 0 saturated heterocycles. The van der Waals surface area contributed by atoms with Gasteiger partial charge >= 0.3 is 0 Å². The second-order valence-corrected chi connectivity index (χ2v) is 5.22. The molecule has 0 heterocycles. The summed E-state index contributed by atoms with van der Waals surface area (Å²) < 4.78 is 0. The Balaban J connectivity index is 0.000000331. The van der Waals surface area contributed by atoms with Crippen molar-refractivity contribution >= 4 is 23.3 Å². The molecule has 6 N–H and O–H groups in total. The second kappa shape index (κ2) is 11.8. The number of aryl methyl sites for hydroxylation is 2. The van der Waals surface area contributed by atoms with E-state index >= 15 is 0 Å². The topological polar surface area (TPSA) is 136 Å². The maximum absolute atomic E-state index is 9.50. The maximum Gasteiger partial charge on any atom is 0.127 e. The lowest BCUT2D eigenvalue weighted by molar-refractivity contribution is -0.315. The molecule has 0 bridgehead atoms. The van der Waals surface area contributed by atoms with E-state index in [1.807, 2.05) is 24.3 Å². The van der Waals surface area contributed by atoms with E-state index < -0.39 is 24.8 Å². The number of benzene rings is 2. The molecule has 0 atom stereocenters. The van der Waals surface area contributed by atoms with Crippen LogP contribution in [0.15, 0.2) is 48.5 Å². The van der Waals surface area contributed by atoms with Crippen molar-refractivity contribution in [2.24, 2.45) is 0 Å². The van der Waals surface area contributed by atoms with Gasteiger partial charge in [-0.15, -0.1) is 0 Å². The van der Waals surface area contributed by atoms with Crippen molar-refractivity contribution in [1.82, 2.24) is 0 Å². The highest BCUT2D eigenvalue weighted by atomic mass is 16.4. The Morgan fingerprint density at radius 1 is 0.708 bits per heavy atom. The highest BCUT2D eigenvalue weighted by Crippen LogP contribution is 2.01. The zero-order valence-corrected chi connectivity index (χ0v) is 14.1. The van der Waals surface area contributed by atoms with Crippen molar-refractivity contribution in [3.8, 4) is 0 Å². The zero-order chi connectivity index (χ0) is 18.5. The van der Waals surface area contributed by atoms with Gasteiger partial charge in [-0.25, -0.2) is 0 Å². The normalized spacial score (nSPS) is 9.00. The number of hydrogen-bond acceptors (Lipinski definition) is 4. The van der Waals surface area contributed by atoms with Crippen LogP contribution in [-0.4, -0.2) is 11.9 Å². The molecule has 0 amide bonds. The average Bonchev–Trinajstić information content (AvgIpc) is 2.52. The molecule has 0 aliphatic heterocycles. The fourth-order valence-corrected chi connectivity index (χ4v) is 1.38. The Labute approximate surface area is 141 Å². The number of hydrogen-bond donors (Lipinski definition) is 2. The van der Waals surface area contributed by atoms with Gasteiger partial charge in [-0.05, 0) is 51.0 Å². The van der Waals surface area contributed by atoms with Crippen molar-refractivity contribution in [2.75, 3.05) is 0 Å². The average molecular weight is 332 g/mol. The highest BCUT2D eigenvalue weighted by Gasteiger charge is 1.85. The highest BCUT2D eigenvalue weighted by molar-refractivity contribution is 5.72. The Hall–Kier alpha value is -2.70. The number of carboxylic acid groups (broad SMARTS) is 2. The van der Waals surface area contributed by atoms with Crippen molar-refractivity contribution in [2.45, 2.75) is 26.7 Å². The van der Waals surface area contributed by atoms with Crippen LogP contribution >= 0.6 is 0 Å². The standard InChI is InChI=1S/2C7H9N.C4H6O4/c2*1-6-2-4-7(8)5-3-6;5-3(6)1-2-4(7)8/h2*2-5H,8H2,1H3;1-2H2,(H,5,6)(H,7,8). The molecule has 0 saturated carbocycles. The van der Waals surface area contributed by atoms with E-state index in [-0.39, 0.29) is 0 Å². The molecule has 2 aromatic carbocycles. The monoisotopic (exact) mass is 332 g/mol. The molecular weight excluding hydrogens is 308 g/mol. The largest absolute Gasteiger partial charge is 0.550 e. The van der Waals surface area contributed by atoms with E-state index in [4.69, 9.17) is 0 Å². The summed E-state index contributed by atoms with van der Waals surface area (Å²) in [7, 11) is 0. The van der Waals surface area contributed by atoms with Crippen LogP contribution in [0, 0.1) is 13.8 Å². The lowest BCUT2D eigenvalue weighted by Gasteiger charge is -2.00. The Kier molecular flexibility index (Phi) is 10.5. The van der Waals surface area contributed by atoms with Crippen molar-refractivity contribution in [1.29, 1.82) is 0 Å². The molecule has 0 unspecified atom stereocenters. The fraction of sp³-hybridized carbons (Fsp3) is 0.222. The molecular formula is C18H24N2O4. The van der Waals surface area contributed by atoms with Crippen LogP contribution in [0.25, 0.3) is 0 Å². The van der Waals surface area contributed by atoms with Gasteiger partial charge in [0.05, 0.1) is 0 Å². The minimum absolute atomic E-state index is 0.470. The number of aliphatic carboxylic acids is 2. The first kappa shape index (κ1) is 21.3. The van der Waals surface area contributed by atoms with Crippen LogP contribution < -0.4 is 21.7 Å². The predicted molar refractivity (Wildman–Crippen MR) is 86.7 cm³/mol. The van der Waals surface area contributed by atoms with E-state index in [1.54, 1.807) is 0 Å². The van der Waals surface area contributed by atoms with Crippen molar-refractivity contribution < 1.29 is 31.3 Å². The maximum atomic E-state index is 9.50. The summed E-state index contributed by atoms with van der Waals surface area (Å²) in [4.78, 5) is 19.0. The summed E-state index contributed by atoms with van der Waals surface area (Å²) in [5, 5.41) is 19.0. The first-order valence-corrected chi connectivity index (χ1v) is 7.37. The van der Waals surface area contributed by atoms with Crippen LogP contribution in [-0.2, 0) is 9.59 Å². The molecule has 6 nitrogen and oxygen atoms in total.